The van der Waals surface area contributed by atoms with E-state index >= 15 is 0 Å². The minimum absolute atomic E-state index is 0.0726. The number of pyridine rings is 1. The van der Waals surface area contributed by atoms with Gasteiger partial charge in [0.1, 0.15) is 5.69 Å². The van der Waals surface area contributed by atoms with E-state index in [-0.39, 0.29) is 5.69 Å². The molecule has 0 amide bonds. The van der Waals surface area contributed by atoms with Crippen LogP contribution in [-0.2, 0) is 7.05 Å². The summed E-state index contributed by atoms with van der Waals surface area (Å²) in [5.41, 5.74) is 2.04. The molecule has 4 nitrogen and oxygen atoms in total. The first-order valence-electron chi connectivity index (χ1n) is 5.25. The zero-order valence-corrected chi connectivity index (χ0v) is 9.21. The van der Waals surface area contributed by atoms with Crippen molar-refractivity contribution in [1.29, 1.82) is 0 Å². The number of aryl methyl sites for hydroxylation is 1. The summed E-state index contributed by atoms with van der Waals surface area (Å²) >= 11 is 0. The second-order valence-corrected chi connectivity index (χ2v) is 3.97. The van der Waals surface area contributed by atoms with Crippen LogP contribution in [0.5, 0.6) is 0 Å². The quantitative estimate of drug-likeness (QED) is 0.693. The molecule has 0 aliphatic carbocycles. The lowest BCUT2D eigenvalue weighted by Gasteiger charge is -1.98. The Balaban J connectivity index is 2.49. The van der Waals surface area contributed by atoms with Gasteiger partial charge in [-0.1, -0.05) is 18.2 Å². The molecule has 0 unspecified atom stereocenters. The molecule has 1 aromatic carbocycles. The molecule has 0 aliphatic rings. The summed E-state index contributed by atoms with van der Waals surface area (Å²) in [4.78, 5) is 14.9. The Labute approximate surface area is 97.1 Å². The molecule has 0 saturated heterocycles. The highest BCUT2D eigenvalue weighted by Crippen LogP contribution is 2.27. The molecule has 2 heterocycles. The Bertz CT molecular complexity index is 744. The second kappa shape index (κ2) is 3.31. The van der Waals surface area contributed by atoms with E-state index in [1.54, 1.807) is 12.3 Å². The fourth-order valence-electron chi connectivity index (χ4n) is 2.17. The Kier molecular flexibility index (Phi) is 1.92. The van der Waals surface area contributed by atoms with Crippen LogP contribution in [0.3, 0.4) is 0 Å². The van der Waals surface area contributed by atoms with Gasteiger partial charge in [-0.3, -0.25) is 0 Å². The number of carbonyl (C=O) groups is 1. The van der Waals surface area contributed by atoms with Gasteiger partial charge in [0.15, 0.2) is 0 Å². The summed E-state index contributed by atoms with van der Waals surface area (Å²) in [6, 6.07) is 9.56. The van der Waals surface area contributed by atoms with Gasteiger partial charge in [-0.25, -0.2) is 9.78 Å². The zero-order chi connectivity index (χ0) is 12.0. The Morgan fingerprint density at radius 3 is 2.76 bits per heavy atom. The van der Waals surface area contributed by atoms with Gasteiger partial charge in [0.2, 0.25) is 0 Å². The molecule has 1 N–H and O–H groups in total. The summed E-state index contributed by atoms with van der Waals surface area (Å²) in [5, 5.41) is 11.0. The van der Waals surface area contributed by atoms with Crippen molar-refractivity contribution in [3.05, 3.63) is 42.2 Å². The number of carboxylic acid groups (broad SMARTS) is 1. The fourth-order valence-corrected chi connectivity index (χ4v) is 2.17. The zero-order valence-electron chi connectivity index (χ0n) is 9.21. The van der Waals surface area contributed by atoms with E-state index in [1.807, 2.05) is 35.9 Å². The van der Waals surface area contributed by atoms with Crippen molar-refractivity contribution < 1.29 is 9.90 Å². The minimum Gasteiger partial charge on any atom is -0.477 e. The second-order valence-electron chi connectivity index (χ2n) is 3.97. The third-order valence-corrected chi connectivity index (χ3v) is 3.02. The van der Waals surface area contributed by atoms with Crippen molar-refractivity contribution in [3.8, 4) is 0 Å². The molecule has 0 saturated carbocycles. The van der Waals surface area contributed by atoms with Crippen molar-refractivity contribution in [3.63, 3.8) is 0 Å². The molecule has 84 valence electrons. The number of hydrogen-bond donors (Lipinski definition) is 1. The molecule has 0 fully saturated rings. The third-order valence-electron chi connectivity index (χ3n) is 3.02. The standard InChI is InChI=1S/C13H10N2O2/c1-15-11-5-3-2-4-8(11)9-7-14-10(13(16)17)6-12(9)15/h2-7H,1H3,(H,16,17). The molecule has 0 radical (unpaired) electrons. The number of hydrogen-bond acceptors (Lipinski definition) is 2. The predicted octanol–water partition coefficient (Wildman–Crippen LogP) is 2.42. The average Bonchev–Trinajstić information content (AvgIpc) is 2.64. The summed E-state index contributed by atoms with van der Waals surface area (Å²) in [5.74, 6) is -1.00. The van der Waals surface area contributed by atoms with Gasteiger partial charge in [0.25, 0.3) is 0 Å². The monoisotopic (exact) mass is 226 g/mol. The maximum Gasteiger partial charge on any atom is 0.354 e. The van der Waals surface area contributed by atoms with E-state index in [0.717, 1.165) is 21.8 Å². The van der Waals surface area contributed by atoms with Gasteiger partial charge in [0, 0.05) is 29.5 Å². The van der Waals surface area contributed by atoms with Crippen molar-refractivity contribution in [2.75, 3.05) is 0 Å². The van der Waals surface area contributed by atoms with Gasteiger partial charge < -0.3 is 9.67 Å². The van der Waals surface area contributed by atoms with Crippen LogP contribution in [0.1, 0.15) is 10.5 Å². The number of rotatable bonds is 1. The molecular weight excluding hydrogens is 216 g/mol. The normalized spacial score (nSPS) is 11.1. The van der Waals surface area contributed by atoms with E-state index in [2.05, 4.69) is 4.98 Å². The number of aromatic carboxylic acids is 1. The van der Waals surface area contributed by atoms with Gasteiger partial charge in [-0.2, -0.15) is 0 Å². The molecule has 0 spiro atoms. The van der Waals surface area contributed by atoms with Crippen LogP contribution in [0.15, 0.2) is 36.5 Å². The van der Waals surface area contributed by atoms with E-state index in [1.165, 1.54) is 0 Å². The van der Waals surface area contributed by atoms with Crippen molar-refractivity contribution in [2.45, 2.75) is 0 Å². The summed E-state index contributed by atoms with van der Waals surface area (Å²) in [6.45, 7) is 0. The number of benzene rings is 1. The molecule has 3 rings (SSSR count). The summed E-state index contributed by atoms with van der Waals surface area (Å²) in [6.07, 6.45) is 1.63. The van der Waals surface area contributed by atoms with E-state index in [4.69, 9.17) is 5.11 Å². The maximum absolute atomic E-state index is 10.9. The topological polar surface area (TPSA) is 55.1 Å². The highest BCUT2D eigenvalue weighted by atomic mass is 16.4. The lowest BCUT2D eigenvalue weighted by Crippen LogP contribution is -1.99. The lowest BCUT2D eigenvalue weighted by molar-refractivity contribution is 0.0690. The molecule has 4 heteroatoms. The predicted molar refractivity (Wildman–Crippen MR) is 65.2 cm³/mol. The van der Waals surface area contributed by atoms with E-state index < -0.39 is 5.97 Å². The SMILES string of the molecule is Cn1c2ccccc2c2cnc(C(=O)O)cc21. The largest absolute Gasteiger partial charge is 0.477 e. The van der Waals surface area contributed by atoms with Gasteiger partial charge in [0.05, 0.1) is 5.52 Å². The van der Waals surface area contributed by atoms with Crippen LogP contribution in [0, 0.1) is 0 Å². The summed E-state index contributed by atoms with van der Waals surface area (Å²) < 4.78 is 1.98. The van der Waals surface area contributed by atoms with Crippen LogP contribution in [0.4, 0.5) is 0 Å². The van der Waals surface area contributed by atoms with Crippen molar-refractivity contribution in [2.24, 2.45) is 7.05 Å². The first-order chi connectivity index (χ1) is 8.18. The van der Waals surface area contributed by atoms with Gasteiger partial charge >= 0.3 is 5.97 Å². The first-order valence-corrected chi connectivity index (χ1v) is 5.25. The minimum atomic E-state index is -1.00. The third kappa shape index (κ3) is 1.30. The number of para-hydroxylation sites is 1. The van der Waals surface area contributed by atoms with E-state index in [9.17, 15) is 4.79 Å². The van der Waals surface area contributed by atoms with Gasteiger partial charge in [-0.15, -0.1) is 0 Å². The molecule has 17 heavy (non-hydrogen) atoms. The van der Waals surface area contributed by atoms with E-state index in [0.29, 0.717) is 0 Å². The van der Waals surface area contributed by atoms with Gasteiger partial charge in [-0.05, 0) is 12.1 Å². The van der Waals surface area contributed by atoms with Crippen LogP contribution >= 0.6 is 0 Å². The summed E-state index contributed by atoms with van der Waals surface area (Å²) in [7, 11) is 1.93. The number of nitrogens with zero attached hydrogens (tertiary/aromatic N) is 2. The van der Waals surface area contributed by atoms with Crippen LogP contribution in [0.2, 0.25) is 0 Å². The van der Waals surface area contributed by atoms with Crippen LogP contribution < -0.4 is 0 Å². The molecule has 0 atom stereocenters. The Hall–Kier alpha value is -2.36. The Morgan fingerprint density at radius 2 is 2.00 bits per heavy atom. The smallest absolute Gasteiger partial charge is 0.354 e. The molecular formula is C13H10N2O2. The maximum atomic E-state index is 10.9. The van der Waals surface area contributed by atoms with Crippen LogP contribution in [0.25, 0.3) is 21.8 Å². The Morgan fingerprint density at radius 1 is 1.24 bits per heavy atom. The number of fused-ring (bicyclic) bond motifs is 3. The highest BCUT2D eigenvalue weighted by Gasteiger charge is 2.11. The van der Waals surface area contributed by atoms with Crippen molar-refractivity contribution >= 4 is 27.8 Å². The first kappa shape index (κ1) is 9.84. The highest BCUT2D eigenvalue weighted by molar-refractivity contribution is 6.08. The molecule has 0 aliphatic heterocycles. The average molecular weight is 226 g/mol. The molecule has 0 bridgehead atoms. The fraction of sp³-hybridized carbons (Fsp3) is 0.0769. The number of aromatic nitrogens is 2. The molecule has 3 aromatic rings. The van der Waals surface area contributed by atoms with Crippen molar-refractivity contribution in [1.82, 2.24) is 9.55 Å². The molecule has 2 aromatic heterocycles. The lowest BCUT2D eigenvalue weighted by atomic mass is 10.2. The van der Waals surface area contributed by atoms with Crippen LogP contribution in [-0.4, -0.2) is 20.6 Å². The number of carboxylic acids is 1.